The average Bonchev–Trinajstić information content (AvgIpc) is 2.52. The van der Waals surface area contributed by atoms with E-state index >= 15 is 0 Å². The minimum atomic E-state index is -0.824. The van der Waals surface area contributed by atoms with Crippen LogP contribution in [-0.2, 0) is 11.3 Å². The van der Waals surface area contributed by atoms with Crippen molar-refractivity contribution in [3.05, 3.63) is 48.2 Å². The predicted molar refractivity (Wildman–Crippen MR) is 83.1 cm³/mol. The number of hydrogen-bond donors (Lipinski definition) is 2. The van der Waals surface area contributed by atoms with Crippen LogP contribution in [0.2, 0.25) is 0 Å². The Morgan fingerprint density at radius 1 is 1.29 bits per heavy atom. The van der Waals surface area contributed by atoms with Gasteiger partial charge in [0.05, 0.1) is 6.42 Å². The normalized spacial score (nSPS) is 10.4. The Hall–Kier alpha value is -2.40. The van der Waals surface area contributed by atoms with E-state index in [1.807, 2.05) is 48.3 Å². The standard InChI is InChI=1S/C16H19N3O2/c1-19(10-8-15(20)21)16-14(11-17)13(7-9-18-16)12-5-3-2-4-6-12/h2-7,9H,8,10-11,17H2,1H3,(H,20,21). The van der Waals surface area contributed by atoms with Gasteiger partial charge in [0.2, 0.25) is 0 Å². The summed E-state index contributed by atoms with van der Waals surface area (Å²) in [5.41, 5.74) is 8.94. The van der Waals surface area contributed by atoms with Gasteiger partial charge in [-0.05, 0) is 17.2 Å². The summed E-state index contributed by atoms with van der Waals surface area (Å²) in [6.45, 7) is 0.748. The maximum Gasteiger partial charge on any atom is 0.305 e. The van der Waals surface area contributed by atoms with Gasteiger partial charge in [-0.2, -0.15) is 0 Å². The molecule has 0 radical (unpaired) electrons. The van der Waals surface area contributed by atoms with E-state index < -0.39 is 5.97 Å². The summed E-state index contributed by atoms with van der Waals surface area (Å²) in [5, 5.41) is 8.80. The first kappa shape index (κ1) is 15.0. The van der Waals surface area contributed by atoms with Gasteiger partial charge >= 0.3 is 5.97 Å². The Morgan fingerprint density at radius 2 is 2.00 bits per heavy atom. The molecule has 0 spiro atoms. The first-order valence-corrected chi connectivity index (χ1v) is 6.79. The average molecular weight is 285 g/mol. The molecular weight excluding hydrogens is 266 g/mol. The van der Waals surface area contributed by atoms with Crippen LogP contribution >= 0.6 is 0 Å². The zero-order chi connectivity index (χ0) is 15.2. The molecule has 0 aliphatic carbocycles. The molecule has 110 valence electrons. The van der Waals surface area contributed by atoms with Crippen molar-refractivity contribution in [2.75, 3.05) is 18.5 Å². The number of rotatable bonds is 6. The van der Waals surface area contributed by atoms with Crippen LogP contribution in [-0.4, -0.2) is 29.7 Å². The van der Waals surface area contributed by atoms with Crippen molar-refractivity contribution >= 4 is 11.8 Å². The summed E-state index contributed by atoms with van der Waals surface area (Å²) < 4.78 is 0. The maximum absolute atomic E-state index is 10.7. The van der Waals surface area contributed by atoms with Gasteiger partial charge in [0, 0.05) is 31.9 Å². The topological polar surface area (TPSA) is 79.5 Å². The fourth-order valence-electron chi connectivity index (χ4n) is 2.27. The van der Waals surface area contributed by atoms with Gasteiger partial charge in [-0.1, -0.05) is 30.3 Å². The number of pyridine rings is 1. The third kappa shape index (κ3) is 3.58. The van der Waals surface area contributed by atoms with Crippen LogP contribution in [0.3, 0.4) is 0 Å². The number of carbonyl (C=O) groups is 1. The molecule has 2 rings (SSSR count). The number of carboxylic acids is 1. The minimum Gasteiger partial charge on any atom is -0.481 e. The van der Waals surface area contributed by atoms with Gasteiger partial charge < -0.3 is 15.7 Å². The molecule has 5 nitrogen and oxygen atoms in total. The molecule has 0 unspecified atom stereocenters. The second-order valence-corrected chi connectivity index (χ2v) is 4.80. The largest absolute Gasteiger partial charge is 0.481 e. The minimum absolute atomic E-state index is 0.0672. The van der Waals surface area contributed by atoms with Gasteiger partial charge in [0.25, 0.3) is 0 Å². The quantitative estimate of drug-likeness (QED) is 0.850. The third-order valence-electron chi connectivity index (χ3n) is 3.34. The molecule has 0 atom stereocenters. The van der Waals surface area contributed by atoms with Crippen LogP contribution in [0.25, 0.3) is 11.1 Å². The first-order valence-electron chi connectivity index (χ1n) is 6.79. The van der Waals surface area contributed by atoms with Crippen LogP contribution in [0.15, 0.2) is 42.6 Å². The number of nitrogens with two attached hydrogens (primary N) is 1. The van der Waals surface area contributed by atoms with E-state index in [9.17, 15) is 4.79 Å². The maximum atomic E-state index is 10.7. The van der Waals surface area contributed by atoms with Crippen molar-refractivity contribution in [1.29, 1.82) is 0 Å². The van der Waals surface area contributed by atoms with Crippen molar-refractivity contribution in [2.45, 2.75) is 13.0 Å². The molecular formula is C16H19N3O2. The number of aliphatic carboxylic acids is 1. The second kappa shape index (κ2) is 6.85. The van der Waals surface area contributed by atoms with Gasteiger partial charge in [0.1, 0.15) is 5.82 Å². The van der Waals surface area contributed by atoms with E-state index in [4.69, 9.17) is 10.8 Å². The van der Waals surface area contributed by atoms with Crippen LogP contribution in [0.5, 0.6) is 0 Å². The predicted octanol–water partition coefficient (Wildman–Crippen LogP) is 2.12. The molecule has 5 heteroatoms. The molecule has 0 bridgehead atoms. The highest BCUT2D eigenvalue weighted by Crippen LogP contribution is 2.28. The molecule has 21 heavy (non-hydrogen) atoms. The summed E-state index contributed by atoms with van der Waals surface area (Å²) in [6, 6.07) is 11.9. The van der Waals surface area contributed by atoms with Crippen LogP contribution in [0.4, 0.5) is 5.82 Å². The Kier molecular flexibility index (Phi) is 4.90. The Morgan fingerprint density at radius 3 is 2.62 bits per heavy atom. The van der Waals surface area contributed by atoms with Gasteiger partial charge in [-0.3, -0.25) is 4.79 Å². The summed E-state index contributed by atoms with van der Waals surface area (Å²) in [5.74, 6) is -0.0875. The first-order chi connectivity index (χ1) is 10.1. The second-order valence-electron chi connectivity index (χ2n) is 4.80. The number of aromatic nitrogens is 1. The lowest BCUT2D eigenvalue weighted by molar-refractivity contribution is -0.136. The summed E-state index contributed by atoms with van der Waals surface area (Å²) in [7, 11) is 1.83. The number of carboxylic acid groups (broad SMARTS) is 1. The molecule has 0 amide bonds. The van der Waals surface area contributed by atoms with Gasteiger partial charge in [-0.15, -0.1) is 0 Å². The van der Waals surface area contributed by atoms with Crippen molar-refractivity contribution in [1.82, 2.24) is 4.98 Å². The summed E-state index contributed by atoms with van der Waals surface area (Å²) in [4.78, 5) is 16.9. The molecule has 0 saturated carbocycles. The van der Waals surface area contributed by atoms with Crippen molar-refractivity contribution in [3.63, 3.8) is 0 Å². The lowest BCUT2D eigenvalue weighted by atomic mass is 10.0. The number of benzene rings is 1. The van der Waals surface area contributed by atoms with Crippen LogP contribution < -0.4 is 10.6 Å². The van der Waals surface area contributed by atoms with Crippen LogP contribution in [0, 0.1) is 0 Å². The fourth-order valence-corrected chi connectivity index (χ4v) is 2.27. The highest BCUT2D eigenvalue weighted by Gasteiger charge is 2.14. The molecule has 1 aromatic heterocycles. The van der Waals surface area contributed by atoms with E-state index in [0.29, 0.717) is 13.1 Å². The van der Waals surface area contributed by atoms with Gasteiger partial charge in [-0.25, -0.2) is 4.98 Å². The number of hydrogen-bond acceptors (Lipinski definition) is 4. The van der Waals surface area contributed by atoms with E-state index in [0.717, 1.165) is 22.5 Å². The molecule has 1 heterocycles. The van der Waals surface area contributed by atoms with E-state index in [2.05, 4.69) is 4.98 Å². The third-order valence-corrected chi connectivity index (χ3v) is 3.34. The summed E-state index contributed by atoms with van der Waals surface area (Å²) in [6.07, 6.45) is 1.80. The molecule has 0 aliphatic rings. The van der Waals surface area contributed by atoms with E-state index in [1.54, 1.807) is 6.20 Å². The Bertz CT molecular complexity index is 614. The number of anilines is 1. The van der Waals surface area contributed by atoms with Crippen LogP contribution in [0.1, 0.15) is 12.0 Å². The fraction of sp³-hybridized carbons (Fsp3) is 0.250. The molecule has 0 fully saturated rings. The monoisotopic (exact) mass is 285 g/mol. The molecule has 1 aromatic carbocycles. The summed E-state index contributed by atoms with van der Waals surface area (Å²) >= 11 is 0. The van der Waals surface area contributed by atoms with E-state index in [1.165, 1.54) is 0 Å². The molecule has 2 aromatic rings. The number of nitrogens with zero attached hydrogens (tertiary/aromatic N) is 2. The smallest absolute Gasteiger partial charge is 0.305 e. The van der Waals surface area contributed by atoms with Crippen molar-refractivity contribution < 1.29 is 9.90 Å². The zero-order valence-corrected chi connectivity index (χ0v) is 12.0. The zero-order valence-electron chi connectivity index (χ0n) is 12.0. The lowest BCUT2D eigenvalue weighted by Gasteiger charge is -2.22. The Balaban J connectivity index is 2.37. The SMILES string of the molecule is CN(CCC(=O)O)c1nccc(-c2ccccc2)c1CN. The highest BCUT2D eigenvalue weighted by molar-refractivity contribution is 5.73. The molecule has 0 saturated heterocycles. The van der Waals surface area contributed by atoms with Crippen molar-refractivity contribution in [3.8, 4) is 11.1 Å². The molecule has 0 aliphatic heterocycles. The van der Waals surface area contributed by atoms with Crippen molar-refractivity contribution in [2.24, 2.45) is 5.73 Å². The lowest BCUT2D eigenvalue weighted by Crippen LogP contribution is -2.24. The highest BCUT2D eigenvalue weighted by atomic mass is 16.4. The van der Waals surface area contributed by atoms with E-state index in [-0.39, 0.29) is 6.42 Å². The molecule has 3 N–H and O–H groups in total. The van der Waals surface area contributed by atoms with Gasteiger partial charge in [0.15, 0.2) is 0 Å². The Labute approximate surface area is 124 Å².